The smallest absolute Gasteiger partial charge is 0.258 e. The summed E-state index contributed by atoms with van der Waals surface area (Å²) in [5, 5.41) is 0. The van der Waals surface area contributed by atoms with E-state index in [2.05, 4.69) is 0 Å². The van der Waals surface area contributed by atoms with E-state index in [0.717, 1.165) is 29.7 Å². The average Bonchev–Trinajstić information content (AvgIpc) is 2.60. The van der Waals surface area contributed by atoms with E-state index in [4.69, 9.17) is 4.74 Å². The third-order valence-electron chi connectivity index (χ3n) is 4.33. The second kappa shape index (κ2) is 6.98. The van der Waals surface area contributed by atoms with Crippen LogP contribution < -0.4 is 4.90 Å². The average molecular weight is 359 g/mol. The van der Waals surface area contributed by atoms with Gasteiger partial charge in [0, 0.05) is 31.2 Å². The van der Waals surface area contributed by atoms with Crippen molar-refractivity contribution in [3.05, 3.63) is 59.2 Å². The topological polar surface area (TPSA) is 63.7 Å². The summed E-state index contributed by atoms with van der Waals surface area (Å²) >= 11 is 0. The zero-order chi connectivity index (χ0) is 18.0. The zero-order valence-corrected chi connectivity index (χ0v) is 15.2. The molecular weight excluding hydrogens is 338 g/mol. The first-order valence-electron chi connectivity index (χ1n) is 8.13. The van der Waals surface area contributed by atoms with Crippen molar-refractivity contribution in [3.63, 3.8) is 0 Å². The Bertz CT molecular complexity index is 905. The molecule has 1 heterocycles. The van der Waals surface area contributed by atoms with Gasteiger partial charge in [0.1, 0.15) is 0 Å². The van der Waals surface area contributed by atoms with Crippen LogP contribution >= 0.6 is 0 Å². The maximum atomic E-state index is 13.0. The van der Waals surface area contributed by atoms with E-state index in [1.807, 2.05) is 18.2 Å². The van der Waals surface area contributed by atoms with E-state index < -0.39 is 9.84 Å². The van der Waals surface area contributed by atoms with Crippen LogP contribution in [-0.2, 0) is 27.6 Å². The molecule has 1 amide bonds. The molecule has 0 aliphatic carbocycles. The van der Waals surface area contributed by atoms with Gasteiger partial charge in [-0.15, -0.1) is 0 Å². The molecule has 25 heavy (non-hydrogen) atoms. The monoisotopic (exact) mass is 359 g/mol. The lowest BCUT2D eigenvalue weighted by atomic mass is 10.0. The summed E-state index contributed by atoms with van der Waals surface area (Å²) < 4.78 is 28.7. The van der Waals surface area contributed by atoms with Gasteiger partial charge in [-0.25, -0.2) is 8.42 Å². The highest BCUT2D eigenvalue weighted by Crippen LogP contribution is 2.30. The Hall–Kier alpha value is -2.18. The molecule has 3 rings (SSSR count). The van der Waals surface area contributed by atoms with Crippen LogP contribution in [-0.4, -0.2) is 34.2 Å². The molecule has 0 spiro atoms. The van der Waals surface area contributed by atoms with Gasteiger partial charge in [-0.05, 0) is 54.3 Å². The fourth-order valence-electron chi connectivity index (χ4n) is 3.13. The second-order valence-electron chi connectivity index (χ2n) is 6.26. The highest BCUT2D eigenvalue weighted by Gasteiger charge is 2.25. The van der Waals surface area contributed by atoms with Crippen molar-refractivity contribution in [2.45, 2.75) is 24.3 Å². The predicted octanol–water partition coefficient (Wildman–Crippen LogP) is 2.83. The van der Waals surface area contributed by atoms with Crippen molar-refractivity contribution in [1.29, 1.82) is 0 Å². The number of rotatable bonds is 4. The van der Waals surface area contributed by atoms with Gasteiger partial charge in [-0.1, -0.05) is 12.1 Å². The highest BCUT2D eigenvalue weighted by atomic mass is 32.2. The lowest BCUT2D eigenvalue weighted by Crippen LogP contribution is -2.35. The highest BCUT2D eigenvalue weighted by molar-refractivity contribution is 7.90. The number of ether oxygens (including phenoxy) is 1. The molecule has 132 valence electrons. The van der Waals surface area contributed by atoms with Crippen LogP contribution in [0.1, 0.15) is 27.9 Å². The van der Waals surface area contributed by atoms with E-state index in [9.17, 15) is 13.2 Å². The van der Waals surface area contributed by atoms with Gasteiger partial charge in [-0.3, -0.25) is 4.79 Å². The number of benzene rings is 2. The molecule has 0 unspecified atom stereocenters. The largest absolute Gasteiger partial charge is 0.380 e. The minimum absolute atomic E-state index is 0.0778. The molecule has 5 nitrogen and oxygen atoms in total. The lowest BCUT2D eigenvalue weighted by Gasteiger charge is -2.30. The first kappa shape index (κ1) is 17.6. The summed E-state index contributed by atoms with van der Waals surface area (Å²) in [7, 11) is -1.64. The molecule has 0 bridgehead atoms. The fourth-order valence-corrected chi connectivity index (χ4v) is 3.80. The molecule has 2 aromatic carbocycles. The van der Waals surface area contributed by atoms with Crippen LogP contribution in [0.5, 0.6) is 0 Å². The normalized spacial score (nSPS) is 14.2. The Kier molecular flexibility index (Phi) is 4.92. The summed E-state index contributed by atoms with van der Waals surface area (Å²) in [6.45, 7) is 1.08. The molecule has 0 fully saturated rings. The van der Waals surface area contributed by atoms with E-state index in [1.165, 1.54) is 6.26 Å². The van der Waals surface area contributed by atoms with Crippen molar-refractivity contribution in [2.75, 3.05) is 24.8 Å². The molecule has 0 atom stereocenters. The van der Waals surface area contributed by atoms with Crippen LogP contribution in [0.2, 0.25) is 0 Å². The third kappa shape index (κ3) is 3.75. The number of nitrogens with zero attached hydrogens (tertiary/aromatic N) is 1. The molecule has 0 radical (unpaired) electrons. The number of carbonyl (C=O) groups is 1. The summed E-state index contributed by atoms with van der Waals surface area (Å²) in [4.78, 5) is 15.0. The number of carbonyl (C=O) groups excluding carboxylic acids is 1. The lowest BCUT2D eigenvalue weighted by molar-refractivity contribution is 0.0984. The van der Waals surface area contributed by atoms with Crippen molar-refractivity contribution in [3.8, 4) is 0 Å². The van der Waals surface area contributed by atoms with Gasteiger partial charge in [0.15, 0.2) is 9.84 Å². The number of amides is 1. The standard InChI is InChI=1S/C19H21NO4S/c1-24-13-14-5-3-6-16(11-14)19(21)20-10-4-7-15-12-17(25(2,22)23)8-9-18(15)20/h3,5-6,8-9,11-12H,4,7,10,13H2,1-2H3. The number of hydrogen-bond donors (Lipinski definition) is 0. The van der Waals surface area contributed by atoms with Crippen LogP contribution in [0.3, 0.4) is 0 Å². The number of hydrogen-bond acceptors (Lipinski definition) is 4. The van der Waals surface area contributed by atoms with E-state index >= 15 is 0 Å². The molecule has 6 heteroatoms. The quantitative estimate of drug-likeness (QED) is 0.842. The Balaban J connectivity index is 1.95. The van der Waals surface area contributed by atoms with E-state index in [-0.39, 0.29) is 5.91 Å². The van der Waals surface area contributed by atoms with Crippen LogP contribution in [0.15, 0.2) is 47.4 Å². The maximum absolute atomic E-state index is 13.0. The van der Waals surface area contributed by atoms with Gasteiger partial charge in [-0.2, -0.15) is 0 Å². The number of aryl methyl sites for hydroxylation is 1. The Morgan fingerprint density at radius 2 is 2.00 bits per heavy atom. The molecule has 1 aliphatic heterocycles. The molecular formula is C19H21NO4S. The van der Waals surface area contributed by atoms with Crippen molar-refractivity contribution < 1.29 is 17.9 Å². The van der Waals surface area contributed by atoms with Gasteiger partial charge >= 0.3 is 0 Å². The minimum atomic E-state index is -3.26. The SMILES string of the molecule is COCc1cccc(C(=O)N2CCCc3cc(S(C)(=O)=O)ccc32)c1. The van der Waals surface area contributed by atoms with Gasteiger partial charge in [0.05, 0.1) is 11.5 Å². The Morgan fingerprint density at radius 1 is 1.20 bits per heavy atom. The third-order valence-corrected chi connectivity index (χ3v) is 5.44. The molecule has 0 aromatic heterocycles. The molecule has 2 aromatic rings. The number of anilines is 1. The summed E-state index contributed by atoms with van der Waals surface area (Å²) in [6.07, 6.45) is 2.78. The zero-order valence-electron chi connectivity index (χ0n) is 14.4. The van der Waals surface area contributed by atoms with Gasteiger partial charge in [0.2, 0.25) is 0 Å². The molecule has 0 saturated heterocycles. The Morgan fingerprint density at radius 3 is 2.72 bits per heavy atom. The predicted molar refractivity (Wildman–Crippen MR) is 96.7 cm³/mol. The van der Waals surface area contributed by atoms with Gasteiger partial charge < -0.3 is 9.64 Å². The summed E-state index contributed by atoms with van der Waals surface area (Å²) in [6, 6.07) is 12.4. The fraction of sp³-hybridized carbons (Fsp3) is 0.316. The van der Waals surface area contributed by atoms with Crippen molar-refractivity contribution in [2.24, 2.45) is 0 Å². The number of sulfone groups is 1. The molecule has 1 aliphatic rings. The summed E-state index contributed by atoms with van der Waals surface area (Å²) in [5.74, 6) is -0.0778. The second-order valence-corrected chi connectivity index (χ2v) is 8.27. The van der Waals surface area contributed by atoms with Gasteiger partial charge in [0.25, 0.3) is 5.91 Å². The van der Waals surface area contributed by atoms with E-state index in [1.54, 1.807) is 36.3 Å². The molecule has 0 N–H and O–H groups in total. The molecule has 0 saturated carbocycles. The minimum Gasteiger partial charge on any atom is -0.380 e. The summed E-state index contributed by atoms with van der Waals surface area (Å²) in [5.41, 5.74) is 3.24. The van der Waals surface area contributed by atoms with E-state index in [0.29, 0.717) is 23.6 Å². The number of fused-ring (bicyclic) bond motifs is 1. The van der Waals surface area contributed by atoms with Crippen LogP contribution in [0.25, 0.3) is 0 Å². The van der Waals surface area contributed by atoms with Crippen LogP contribution in [0.4, 0.5) is 5.69 Å². The first-order chi connectivity index (χ1) is 11.9. The number of methoxy groups -OCH3 is 1. The first-order valence-corrected chi connectivity index (χ1v) is 10.0. The van der Waals surface area contributed by atoms with Crippen molar-refractivity contribution >= 4 is 21.4 Å². The van der Waals surface area contributed by atoms with Crippen LogP contribution in [0, 0.1) is 0 Å². The van der Waals surface area contributed by atoms with Crippen molar-refractivity contribution in [1.82, 2.24) is 0 Å². The Labute approximate surface area is 148 Å². The maximum Gasteiger partial charge on any atom is 0.258 e.